The molecule has 0 aliphatic carbocycles. The normalized spacial score (nSPS) is 17.5. The highest BCUT2D eigenvalue weighted by Gasteiger charge is 2.32. The van der Waals surface area contributed by atoms with Gasteiger partial charge in [0.15, 0.2) is 23.3 Å². The number of halogens is 4. The number of hydrogen-bond donors (Lipinski definition) is 4. The topological polar surface area (TPSA) is 214 Å². The molecule has 1 unspecified atom stereocenters. The number of amides is 2. The number of rotatable bonds is 6. The van der Waals surface area contributed by atoms with Crippen LogP contribution >= 0.6 is 0 Å². The van der Waals surface area contributed by atoms with Gasteiger partial charge in [-0.15, -0.1) is 10.2 Å². The number of fused-ring (bicyclic) bond motifs is 2. The first-order chi connectivity index (χ1) is 29.9. The van der Waals surface area contributed by atoms with E-state index in [0.29, 0.717) is 37.3 Å². The summed E-state index contributed by atoms with van der Waals surface area (Å²) >= 11 is 0. The summed E-state index contributed by atoms with van der Waals surface area (Å²) in [4.78, 5) is 36.9. The maximum atomic E-state index is 14.7. The van der Waals surface area contributed by atoms with Gasteiger partial charge in [-0.3, -0.25) is 9.59 Å². The van der Waals surface area contributed by atoms with E-state index >= 15 is 0 Å². The van der Waals surface area contributed by atoms with E-state index in [1.54, 1.807) is 9.80 Å². The number of nitrogens with zero attached hydrogens (tertiary/aromatic N) is 10. The maximum absolute atomic E-state index is 14.7. The lowest BCUT2D eigenvalue weighted by atomic mass is 10.0. The van der Waals surface area contributed by atoms with Crippen molar-refractivity contribution in [2.45, 2.75) is 38.1 Å². The molecule has 0 bridgehead atoms. The number of nitriles is 2. The van der Waals surface area contributed by atoms with E-state index in [1.165, 1.54) is 57.9 Å². The lowest BCUT2D eigenvalue weighted by Crippen LogP contribution is -2.22. The molecular weight excluding hydrogens is 813 g/mol. The fourth-order valence-electron chi connectivity index (χ4n) is 8.03. The molecule has 16 nitrogen and oxygen atoms in total. The smallest absolute Gasteiger partial charge is 0.255 e. The van der Waals surface area contributed by atoms with Crippen LogP contribution in [0.5, 0.6) is 0 Å². The van der Waals surface area contributed by atoms with Gasteiger partial charge in [0.2, 0.25) is 0 Å². The highest BCUT2D eigenvalue weighted by Crippen LogP contribution is 2.35. The number of aromatic nitrogens is 6. The molecule has 4 N–H and O–H groups in total. The van der Waals surface area contributed by atoms with Gasteiger partial charge in [0.1, 0.15) is 11.6 Å². The Labute approximate surface area is 348 Å². The molecule has 8 heterocycles. The summed E-state index contributed by atoms with van der Waals surface area (Å²) in [5.74, 6) is -3.15. The molecule has 4 aliphatic rings. The molecule has 0 spiro atoms. The Balaban J connectivity index is 0.000000158. The monoisotopic (exact) mass is 844 g/mol. The molecule has 10 rings (SSSR count). The summed E-state index contributed by atoms with van der Waals surface area (Å²) in [6.07, 6.45) is 2.17. The quantitative estimate of drug-likeness (QED) is 0.176. The maximum Gasteiger partial charge on any atom is 0.255 e. The molecule has 2 amide bonds. The molecule has 2 atom stereocenters. The minimum Gasteiger partial charge on any atom is -0.391 e. The largest absolute Gasteiger partial charge is 0.391 e. The van der Waals surface area contributed by atoms with Crippen LogP contribution < -0.4 is 20.4 Å². The summed E-state index contributed by atoms with van der Waals surface area (Å²) in [7, 11) is 0. The minimum absolute atomic E-state index is 0.00363. The van der Waals surface area contributed by atoms with Gasteiger partial charge in [0.25, 0.3) is 11.8 Å². The molecule has 312 valence electrons. The lowest BCUT2D eigenvalue weighted by Gasteiger charge is -2.14. The Morgan fingerprint density at radius 2 is 1.05 bits per heavy atom. The zero-order valence-electron chi connectivity index (χ0n) is 32.3. The van der Waals surface area contributed by atoms with E-state index < -0.39 is 47.3 Å². The highest BCUT2D eigenvalue weighted by atomic mass is 19.1. The van der Waals surface area contributed by atoms with Gasteiger partial charge in [0.05, 0.1) is 117 Å². The number of β-amino-alcohol motifs (C(OH)–C–C–N with tert-alkyl or cyclic N) is 2. The van der Waals surface area contributed by atoms with Crippen LogP contribution in [0.15, 0.2) is 60.9 Å². The fourth-order valence-corrected chi connectivity index (χ4v) is 8.03. The van der Waals surface area contributed by atoms with Gasteiger partial charge >= 0.3 is 0 Å². The first-order valence-electron chi connectivity index (χ1n) is 19.3. The summed E-state index contributed by atoms with van der Waals surface area (Å²) in [6.45, 7) is 1.68. The molecule has 0 saturated carbocycles. The summed E-state index contributed by atoms with van der Waals surface area (Å²) in [5, 5.41) is 52.2. The summed E-state index contributed by atoms with van der Waals surface area (Å²) in [6, 6.07) is 15.0. The number of carbonyl (C=O) groups excluding carboxylic acids is 2. The first-order valence-corrected chi connectivity index (χ1v) is 19.3. The Bertz CT molecular complexity index is 2730. The molecule has 0 radical (unpaired) electrons. The number of carbonyl (C=O) groups is 2. The van der Waals surface area contributed by atoms with Crippen LogP contribution in [0.2, 0.25) is 0 Å². The Hall–Kier alpha value is -7.68. The van der Waals surface area contributed by atoms with Crippen molar-refractivity contribution in [1.82, 2.24) is 40.2 Å². The number of pyridine rings is 2. The summed E-state index contributed by atoms with van der Waals surface area (Å²) in [5.41, 5.74) is 2.10. The molecular formula is C42H32F4N12O4. The van der Waals surface area contributed by atoms with Crippen LogP contribution in [0, 0.1) is 45.9 Å². The molecule has 4 aliphatic heterocycles. The van der Waals surface area contributed by atoms with Crippen molar-refractivity contribution in [3.05, 3.63) is 118 Å². The Morgan fingerprint density at radius 3 is 1.42 bits per heavy atom. The van der Waals surface area contributed by atoms with Crippen molar-refractivity contribution in [3.8, 4) is 46.0 Å². The second kappa shape index (κ2) is 15.7. The van der Waals surface area contributed by atoms with Crippen molar-refractivity contribution in [2.24, 2.45) is 0 Å². The van der Waals surface area contributed by atoms with Crippen molar-refractivity contribution in [3.63, 3.8) is 0 Å². The zero-order chi connectivity index (χ0) is 43.4. The van der Waals surface area contributed by atoms with Crippen molar-refractivity contribution in [1.29, 1.82) is 10.5 Å². The van der Waals surface area contributed by atoms with E-state index in [4.69, 9.17) is 0 Å². The van der Waals surface area contributed by atoms with E-state index in [0.717, 1.165) is 12.4 Å². The molecule has 4 aromatic heterocycles. The second-order valence-corrected chi connectivity index (χ2v) is 14.9. The van der Waals surface area contributed by atoms with Gasteiger partial charge < -0.3 is 30.6 Å². The van der Waals surface area contributed by atoms with E-state index in [9.17, 15) is 47.9 Å². The van der Waals surface area contributed by atoms with E-state index in [1.807, 2.05) is 12.1 Å². The number of anilines is 2. The van der Waals surface area contributed by atoms with Crippen LogP contribution in [-0.2, 0) is 13.1 Å². The van der Waals surface area contributed by atoms with Gasteiger partial charge in [-0.2, -0.15) is 10.5 Å². The molecule has 2 saturated heterocycles. The van der Waals surface area contributed by atoms with Crippen LogP contribution in [0.1, 0.15) is 56.1 Å². The van der Waals surface area contributed by atoms with Gasteiger partial charge in [-0.05, 0) is 49.2 Å². The number of benzene rings is 2. The average molecular weight is 845 g/mol. The molecule has 20 heteroatoms. The Morgan fingerprint density at radius 1 is 0.629 bits per heavy atom. The minimum atomic E-state index is -0.631. The number of hydrogen-bond acceptors (Lipinski definition) is 12. The van der Waals surface area contributed by atoms with Gasteiger partial charge in [0, 0.05) is 26.2 Å². The average Bonchev–Trinajstić information content (AvgIpc) is 4.14. The second-order valence-electron chi connectivity index (χ2n) is 14.9. The van der Waals surface area contributed by atoms with E-state index in [-0.39, 0.29) is 94.0 Å². The van der Waals surface area contributed by atoms with Crippen molar-refractivity contribution in [2.75, 3.05) is 36.0 Å². The number of aliphatic hydroxyl groups is 2. The van der Waals surface area contributed by atoms with Crippen LogP contribution in [-0.4, -0.2) is 89.9 Å². The molecule has 62 heavy (non-hydrogen) atoms. The highest BCUT2D eigenvalue weighted by molar-refractivity contribution is 6.02. The van der Waals surface area contributed by atoms with Crippen molar-refractivity contribution >= 4 is 23.5 Å². The Kier molecular flexibility index (Phi) is 10.1. The third-order valence-corrected chi connectivity index (χ3v) is 10.9. The third kappa shape index (κ3) is 7.00. The molecule has 6 aromatic rings. The summed E-state index contributed by atoms with van der Waals surface area (Å²) < 4.78 is 61.1. The van der Waals surface area contributed by atoms with Crippen LogP contribution in [0.4, 0.5) is 29.2 Å². The molecule has 2 aromatic carbocycles. The predicted octanol–water partition coefficient (Wildman–Crippen LogP) is 3.80. The fraction of sp³-hybridized carbons (Fsp3) is 0.238. The lowest BCUT2D eigenvalue weighted by molar-refractivity contribution is 0.0957. The van der Waals surface area contributed by atoms with E-state index in [2.05, 4.69) is 30.8 Å². The number of aliphatic hydroxyl groups excluding tert-OH is 2. The standard InChI is InChI=1S/2C21H16F2N6O2/c2*22-13-3-1-2-11(7-24)18(13)15-6-17(19-16(26-15)8-25-21(19)31)29-10-14(23)20(27-29)28-5-4-12(30)9-28/h2*1-3,6,10,12,30H,4-5,8-9H2,(H,25,31)/t12-;/m0./s1. The SMILES string of the molecule is N#Cc1cccc(F)c1-c1cc(-n2cc(F)c(N3CCC(O)C3)n2)c2c(n1)CNC2=O.N#Cc1cccc(F)c1-c1cc(-n2cc(F)c(N3CC[C@H](O)C3)n2)c2c(n1)CNC2=O. The van der Waals surface area contributed by atoms with Crippen LogP contribution in [0.3, 0.4) is 0 Å². The van der Waals surface area contributed by atoms with Crippen molar-refractivity contribution < 1.29 is 37.4 Å². The molecule has 2 fully saturated rings. The third-order valence-electron chi connectivity index (χ3n) is 10.9. The predicted molar refractivity (Wildman–Crippen MR) is 211 cm³/mol. The first kappa shape index (κ1) is 39.8. The number of nitrogens with one attached hydrogen (secondary N) is 2. The van der Waals surface area contributed by atoms with Gasteiger partial charge in [-0.25, -0.2) is 36.9 Å². The van der Waals surface area contributed by atoms with Gasteiger partial charge in [-0.1, -0.05) is 12.1 Å². The zero-order valence-corrected chi connectivity index (χ0v) is 32.3. The van der Waals surface area contributed by atoms with Crippen LogP contribution in [0.25, 0.3) is 33.9 Å².